The zero-order chi connectivity index (χ0) is 7.40. The Morgan fingerprint density at radius 2 is 2.20 bits per heavy atom. The number of hydrazine groups is 1. The van der Waals surface area contributed by atoms with Gasteiger partial charge >= 0.3 is 5.03 Å². The highest BCUT2D eigenvalue weighted by Crippen LogP contribution is 1.85. The average molecular weight is 145 g/mol. The first-order valence-corrected chi connectivity index (χ1v) is 2.89. The highest BCUT2D eigenvalue weighted by Gasteiger charge is 2.04. The first-order chi connectivity index (χ1) is 4.79. The Hall–Kier alpha value is -1.46. The van der Waals surface area contributed by atoms with Crippen molar-refractivity contribution in [3.05, 3.63) is 16.9 Å². The minimum Gasteiger partial charge on any atom is -0.369 e. The van der Waals surface area contributed by atoms with Gasteiger partial charge in [0.25, 0.3) is 0 Å². The molecule has 1 rings (SSSR count). The van der Waals surface area contributed by atoms with Crippen molar-refractivity contribution in [2.75, 3.05) is 13.1 Å². The van der Waals surface area contributed by atoms with Crippen LogP contribution >= 0.6 is 0 Å². The summed E-state index contributed by atoms with van der Waals surface area (Å²) >= 11 is 0. The molecule has 0 amide bonds. The molecule has 0 spiro atoms. The maximum absolute atomic E-state index is 9.86. The van der Waals surface area contributed by atoms with E-state index in [4.69, 9.17) is 5.21 Å². The number of nitrogens with one attached hydrogen (secondary N) is 3. The van der Waals surface area contributed by atoms with Crippen LogP contribution in [0, 0.1) is 4.91 Å². The summed E-state index contributed by atoms with van der Waals surface area (Å²) in [5.41, 5.74) is 2.03. The van der Waals surface area contributed by atoms with Crippen molar-refractivity contribution >= 4 is 0 Å². The van der Waals surface area contributed by atoms with Gasteiger partial charge in [-0.1, -0.05) is 5.43 Å². The van der Waals surface area contributed by atoms with E-state index in [0.29, 0.717) is 5.82 Å². The normalized spacial score (nSPS) is 15.4. The summed E-state index contributed by atoms with van der Waals surface area (Å²) in [6.07, 6.45) is 1.35. The number of hydrogen-bond acceptors (Lipinski definition) is 3. The highest BCUT2D eigenvalue weighted by atomic mass is 16.7. The quantitative estimate of drug-likeness (QED) is 0.361. The largest absolute Gasteiger partial charge is 0.369 e. The van der Waals surface area contributed by atoms with Crippen LogP contribution in [0.3, 0.4) is 0 Å². The Kier molecular flexibility index (Phi) is 1.93. The average Bonchev–Trinajstić information content (AvgIpc) is 2.34. The maximum atomic E-state index is 9.86. The third-order valence-electron chi connectivity index (χ3n) is 1.08. The van der Waals surface area contributed by atoms with Gasteiger partial charge < -0.3 is 10.6 Å². The minimum atomic E-state index is -0.366. The highest BCUT2D eigenvalue weighted by molar-refractivity contribution is 4.98. The lowest BCUT2D eigenvalue weighted by Gasteiger charge is -1.93. The van der Waals surface area contributed by atoms with Crippen LogP contribution in [0.2, 0.25) is 0 Å². The topological polar surface area (TPSA) is 76.4 Å². The Balaban J connectivity index is 2.31. The molecular formula is C4H9N4O2+. The fourth-order valence-electron chi connectivity index (χ4n) is 0.679. The fraction of sp³-hybridized carbons (Fsp3) is 0.500. The van der Waals surface area contributed by atoms with E-state index in [1.807, 2.05) is 5.43 Å². The zero-order valence-electron chi connectivity index (χ0n) is 5.29. The zero-order valence-corrected chi connectivity index (χ0v) is 5.29. The summed E-state index contributed by atoms with van der Waals surface area (Å²) in [7, 11) is 0. The molecule has 0 aromatic carbocycles. The molecule has 1 aliphatic heterocycles. The van der Waals surface area contributed by atoms with E-state index in [1.165, 1.54) is 6.20 Å². The Morgan fingerprint density at radius 1 is 1.60 bits per heavy atom. The third-order valence-corrected chi connectivity index (χ3v) is 1.08. The van der Waals surface area contributed by atoms with Gasteiger partial charge in [-0.15, -0.1) is 0 Å². The van der Waals surface area contributed by atoms with E-state index in [1.54, 1.807) is 0 Å². The van der Waals surface area contributed by atoms with E-state index in [0.717, 1.165) is 13.1 Å². The lowest BCUT2D eigenvalue weighted by molar-refractivity contribution is -0.826. The predicted octanol–water partition coefficient (Wildman–Crippen LogP) is -1.35. The first kappa shape index (κ1) is 6.66. The van der Waals surface area contributed by atoms with E-state index < -0.39 is 0 Å². The van der Waals surface area contributed by atoms with Crippen LogP contribution in [0.5, 0.6) is 0 Å². The number of hydrogen-bond donors (Lipinski definition) is 4. The van der Waals surface area contributed by atoms with Crippen LogP contribution in [0.15, 0.2) is 12.0 Å². The predicted molar refractivity (Wildman–Crippen MR) is 32.6 cm³/mol. The van der Waals surface area contributed by atoms with Gasteiger partial charge in [-0.2, -0.15) is 0 Å². The molecule has 6 heteroatoms. The van der Waals surface area contributed by atoms with Crippen molar-refractivity contribution in [3.8, 4) is 0 Å². The molecule has 0 unspecified atom stereocenters. The van der Waals surface area contributed by atoms with Gasteiger partial charge in [0.05, 0.1) is 0 Å². The van der Waals surface area contributed by atoms with Gasteiger partial charge in [0.2, 0.25) is 0 Å². The first-order valence-electron chi connectivity index (χ1n) is 2.89. The molecule has 0 aromatic heterocycles. The van der Waals surface area contributed by atoms with Crippen LogP contribution in [0.4, 0.5) is 0 Å². The summed E-state index contributed by atoms with van der Waals surface area (Å²) < 4.78 is 0. The standard InChI is InChI=1S/C4H9N4O2/c9-8(10)7-3-4-5-1-2-6-4/h3,5-7H,1-2H2,(H,9,10)/q+1. The van der Waals surface area contributed by atoms with E-state index in [2.05, 4.69) is 10.6 Å². The summed E-state index contributed by atoms with van der Waals surface area (Å²) in [6, 6.07) is 0. The van der Waals surface area contributed by atoms with Crippen LogP contribution in [-0.4, -0.2) is 23.3 Å². The second-order valence-electron chi connectivity index (χ2n) is 1.81. The summed E-state index contributed by atoms with van der Waals surface area (Å²) in [5, 5.41) is 13.6. The molecule has 0 atom stereocenters. The fourth-order valence-corrected chi connectivity index (χ4v) is 0.679. The number of rotatable bonds is 2. The molecule has 1 fully saturated rings. The molecule has 6 nitrogen and oxygen atoms in total. The van der Waals surface area contributed by atoms with Crippen LogP contribution in [0.25, 0.3) is 0 Å². The molecule has 0 radical (unpaired) electrons. The van der Waals surface area contributed by atoms with Crippen molar-refractivity contribution in [1.82, 2.24) is 16.1 Å². The van der Waals surface area contributed by atoms with Crippen molar-refractivity contribution in [1.29, 1.82) is 0 Å². The van der Waals surface area contributed by atoms with Gasteiger partial charge in [-0.3, -0.25) is 0 Å². The molecule has 0 bridgehead atoms. The van der Waals surface area contributed by atoms with Crippen LogP contribution in [0.1, 0.15) is 0 Å². The van der Waals surface area contributed by atoms with Crippen LogP contribution in [-0.2, 0) is 0 Å². The lowest BCUT2D eigenvalue weighted by Crippen LogP contribution is -2.21. The smallest absolute Gasteiger partial charge is 0.359 e. The maximum Gasteiger partial charge on any atom is 0.359 e. The second-order valence-corrected chi connectivity index (χ2v) is 1.81. The Morgan fingerprint density at radius 3 is 2.70 bits per heavy atom. The summed E-state index contributed by atoms with van der Waals surface area (Å²) in [6.45, 7) is 1.66. The second kappa shape index (κ2) is 2.90. The summed E-state index contributed by atoms with van der Waals surface area (Å²) in [4.78, 5) is 9.86. The van der Waals surface area contributed by atoms with Gasteiger partial charge in [0, 0.05) is 13.1 Å². The van der Waals surface area contributed by atoms with Crippen molar-refractivity contribution in [2.24, 2.45) is 0 Å². The van der Waals surface area contributed by atoms with E-state index in [-0.39, 0.29) is 5.03 Å². The third kappa shape index (κ3) is 1.81. The lowest BCUT2D eigenvalue weighted by atomic mass is 10.7. The molecule has 0 aromatic rings. The molecule has 4 N–H and O–H groups in total. The molecule has 0 saturated carbocycles. The minimum absolute atomic E-state index is 0.366. The molecule has 0 aliphatic carbocycles. The monoisotopic (exact) mass is 145 g/mol. The molecule has 1 heterocycles. The van der Waals surface area contributed by atoms with Gasteiger partial charge in [0.1, 0.15) is 16.9 Å². The number of nitrogens with zero attached hydrogens (tertiary/aromatic N) is 1. The summed E-state index contributed by atoms with van der Waals surface area (Å²) in [5.74, 6) is 0.704. The van der Waals surface area contributed by atoms with E-state index in [9.17, 15) is 4.91 Å². The van der Waals surface area contributed by atoms with E-state index >= 15 is 0 Å². The Labute approximate surface area is 57.4 Å². The molecule has 1 aliphatic rings. The molecule has 56 valence electrons. The van der Waals surface area contributed by atoms with Crippen molar-refractivity contribution < 1.29 is 10.2 Å². The molecule has 1 saturated heterocycles. The van der Waals surface area contributed by atoms with Gasteiger partial charge in [-0.05, 0) is 0 Å². The molecular weight excluding hydrogens is 136 g/mol. The van der Waals surface area contributed by atoms with Crippen LogP contribution < -0.4 is 16.1 Å². The van der Waals surface area contributed by atoms with Gasteiger partial charge in [-0.25, -0.2) is 5.21 Å². The van der Waals surface area contributed by atoms with Crippen molar-refractivity contribution in [3.63, 3.8) is 0 Å². The SMILES string of the molecule is O=[N+](O)NC=C1NCCN1. The Bertz CT molecular complexity index is 159. The molecule has 10 heavy (non-hydrogen) atoms. The van der Waals surface area contributed by atoms with Gasteiger partial charge in [0.15, 0.2) is 0 Å². The van der Waals surface area contributed by atoms with Crippen molar-refractivity contribution in [2.45, 2.75) is 0 Å².